The third-order valence-corrected chi connectivity index (χ3v) is 1.46. The number of carbonyl (C=O) groups excluding carboxylic acids is 3. The summed E-state index contributed by atoms with van der Waals surface area (Å²) in [4.78, 5) is 29.9. The average molecular weight is 782 g/mol. The Hall–Kier alpha value is 0.414. The molecule has 0 fully saturated rings. The van der Waals surface area contributed by atoms with Gasteiger partial charge in [0.15, 0.2) is 5.78 Å². The molecule has 0 atom stereocenters. The molecule has 1 radical (unpaired) electrons. The number of alkyl halides is 3. The Labute approximate surface area is 207 Å². The third-order valence-electron chi connectivity index (χ3n) is 1.46. The standard InChI is InChI=1S/C6H7F3O2.C5H8O.C5H6O.CH4.I3.V/c1-2-11-4-3-5(10)6(7,8)9;2*1-3-4-5(2)6;;1-3-2;/h3-4H,2H2,1H3;3-4H,1-2H3;1-2H3;1H4;;/q;;;;-1;/b2*4-3+;;;;. The van der Waals surface area contributed by atoms with Crippen LogP contribution in [0.5, 0.6) is 0 Å². The summed E-state index contributed by atoms with van der Waals surface area (Å²) in [7, 11) is 0. The van der Waals surface area contributed by atoms with E-state index in [0.29, 0.717) is 19.3 Å². The van der Waals surface area contributed by atoms with Crippen LogP contribution in [0.2, 0.25) is 0 Å². The number of Topliss-reactive ketones (excluding diaryl/α,β-unsaturated/α-hetero) is 1. The van der Waals surface area contributed by atoms with E-state index in [9.17, 15) is 27.6 Å². The summed E-state index contributed by atoms with van der Waals surface area (Å²) < 4.78 is 38.7. The van der Waals surface area contributed by atoms with E-state index in [-0.39, 0.29) is 44.2 Å². The summed E-state index contributed by atoms with van der Waals surface area (Å²) in [5.74, 6) is 2.91. The average Bonchev–Trinajstić information content (AvgIpc) is 2.48. The fourth-order valence-corrected chi connectivity index (χ4v) is 0.711. The molecule has 0 heterocycles. The van der Waals surface area contributed by atoms with Crippen molar-refractivity contribution in [2.24, 2.45) is 0 Å². The number of halogens is 6. The summed E-state index contributed by atoms with van der Waals surface area (Å²) in [5, 5.41) is 0. The van der Waals surface area contributed by atoms with Gasteiger partial charge in [-0.3, -0.25) is 14.4 Å². The molecule has 0 aromatic carbocycles. The zero-order valence-electron chi connectivity index (χ0n) is 15.4. The Bertz CT molecular complexity index is 512. The van der Waals surface area contributed by atoms with Gasteiger partial charge in [0.1, 0.15) is 0 Å². The number of ketones is 3. The Kier molecular flexibility index (Phi) is 48.7. The van der Waals surface area contributed by atoms with Crippen LogP contribution in [-0.2, 0) is 37.7 Å². The van der Waals surface area contributed by atoms with Crippen LogP contribution in [0.1, 0.15) is 42.0 Å². The van der Waals surface area contributed by atoms with Crippen molar-refractivity contribution < 1.29 is 64.1 Å². The molecule has 0 unspecified atom stereocenters. The van der Waals surface area contributed by atoms with Crippen molar-refractivity contribution in [2.45, 2.75) is 48.2 Å². The quantitative estimate of drug-likeness (QED) is 0.145. The van der Waals surface area contributed by atoms with Crippen molar-refractivity contribution in [3.05, 3.63) is 24.5 Å². The maximum atomic E-state index is 11.4. The van der Waals surface area contributed by atoms with Crippen molar-refractivity contribution in [1.82, 2.24) is 0 Å². The second-order valence-corrected chi connectivity index (χ2v) is 20.0. The Morgan fingerprint density at radius 3 is 1.71 bits per heavy atom. The largest absolute Gasteiger partial charge is 0 e. The molecule has 165 valence electrons. The van der Waals surface area contributed by atoms with Gasteiger partial charge in [-0.25, -0.2) is 0 Å². The molecule has 0 aromatic rings. The maximum absolute atomic E-state index is 11.4. The van der Waals surface area contributed by atoms with Gasteiger partial charge in [0, 0.05) is 31.6 Å². The van der Waals surface area contributed by atoms with Crippen molar-refractivity contribution >= 4 is 54.6 Å². The number of ether oxygens (including phenoxy) is 1. The van der Waals surface area contributed by atoms with Crippen LogP contribution < -0.4 is 13.3 Å². The molecule has 0 aliphatic carbocycles. The van der Waals surface area contributed by atoms with Crippen LogP contribution in [0.25, 0.3) is 0 Å². The SMILES string of the molecule is C.C/C=C/C(C)=O.CC#CC(C)=O.CCO/C=C/C(=O)C(F)(F)F.I[I-]I.[V]. The Morgan fingerprint density at radius 1 is 1.14 bits per heavy atom. The fourth-order valence-electron chi connectivity index (χ4n) is 0.711. The minimum Gasteiger partial charge on any atom is 0 e. The molecule has 0 spiro atoms. The van der Waals surface area contributed by atoms with Gasteiger partial charge in [0.05, 0.1) is 12.9 Å². The molecular formula is C17H25F3I3O4V-. The first-order valence-corrected chi connectivity index (χ1v) is 19.3. The van der Waals surface area contributed by atoms with Gasteiger partial charge >= 0.3 is 56.7 Å². The van der Waals surface area contributed by atoms with E-state index in [2.05, 4.69) is 53.8 Å². The summed E-state index contributed by atoms with van der Waals surface area (Å²) in [6.07, 6.45) is -0.463. The van der Waals surface area contributed by atoms with E-state index in [1.54, 1.807) is 19.9 Å². The van der Waals surface area contributed by atoms with Crippen LogP contribution in [0.15, 0.2) is 24.5 Å². The van der Waals surface area contributed by atoms with Gasteiger partial charge in [0.2, 0.25) is 5.78 Å². The fraction of sp³-hybridized carbons (Fsp3) is 0.471. The molecule has 0 saturated heterocycles. The molecule has 0 bridgehead atoms. The van der Waals surface area contributed by atoms with Crippen molar-refractivity contribution in [1.29, 1.82) is 0 Å². The van der Waals surface area contributed by atoms with Gasteiger partial charge in [0.25, 0.3) is 5.78 Å². The molecule has 0 rings (SSSR count). The van der Waals surface area contributed by atoms with Crippen LogP contribution in [-0.4, -0.2) is 30.1 Å². The van der Waals surface area contributed by atoms with Crippen molar-refractivity contribution in [3.63, 3.8) is 0 Å². The number of hydrogen-bond acceptors (Lipinski definition) is 4. The van der Waals surface area contributed by atoms with E-state index < -0.39 is 12.0 Å². The van der Waals surface area contributed by atoms with Crippen molar-refractivity contribution in [2.75, 3.05) is 6.61 Å². The smallest absolute Gasteiger partial charge is 0 e. The van der Waals surface area contributed by atoms with E-state index in [0.717, 1.165) is 6.26 Å². The summed E-state index contributed by atoms with van der Waals surface area (Å²) in [5.41, 5.74) is 0. The second-order valence-electron chi connectivity index (χ2n) is 3.72. The summed E-state index contributed by atoms with van der Waals surface area (Å²) >= 11 is 5.30. The van der Waals surface area contributed by atoms with Gasteiger partial charge in [-0.1, -0.05) is 19.4 Å². The summed E-state index contributed by atoms with van der Waals surface area (Å²) in [6.45, 7) is 8.27. The first kappa shape index (κ1) is 42.5. The second kappa shape index (κ2) is 32.1. The Balaban J connectivity index is -0.0000000618. The van der Waals surface area contributed by atoms with Gasteiger partial charge in [-0.2, -0.15) is 13.2 Å². The van der Waals surface area contributed by atoms with Gasteiger partial charge in [-0.05, 0) is 39.7 Å². The zero-order valence-corrected chi connectivity index (χ0v) is 23.2. The van der Waals surface area contributed by atoms with E-state index in [1.807, 2.05) is 6.92 Å². The van der Waals surface area contributed by atoms with Gasteiger partial charge < -0.3 is 4.74 Å². The maximum Gasteiger partial charge on any atom is 0 e. The van der Waals surface area contributed by atoms with E-state index in [1.165, 1.54) is 19.9 Å². The molecule has 4 nitrogen and oxygen atoms in total. The van der Waals surface area contributed by atoms with Gasteiger partial charge in [-0.15, -0.1) is 0 Å². The number of hydrogen-bond donors (Lipinski definition) is 0. The Morgan fingerprint density at radius 2 is 1.57 bits per heavy atom. The van der Waals surface area contributed by atoms with Crippen LogP contribution in [0, 0.1) is 11.8 Å². The molecule has 0 aliphatic rings. The molecule has 0 amide bonds. The molecular weight excluding hydrogens is 757 g/mol. The van der Waals surface area contributed by atoms with Crippen LogP contribution >= 0.6 is 37.2 Å². The first-order chi connectivity index (χ1) is 11.9. The molecule has 0 saturated carbocycles. The van der Waals surface area contributed by atoms with E-state index in [4.69, 9.17) is 0 Å². The third kappa shape index (κ3) is 56.3. The summed E-state index contributed by atoms with van der Waals surface area (Å²) in [6, 6.07) is 0. The minimum atomic E-state index is -4.80. The molecule has 0 N–H and O–H groups in total. The van der Waals surface area contributed by atoms with Crippen molar-refractivity contribution in [3.8, 4) is 11.8 Å². The first-order valence-electron chi connectivity index (χ1n) is 6.77. The topological polar surface area (TPSA) is 60.4 Å². The zero-order chi connectivity index (χ0) is 21.6. The molecule has 28 heavy (non-hydrogen) atoms. The van der Waals surface area contributed by atoms with Crippen LogP contribution in [0.3, 0.4) is 0 Å². The molecule has 0 aromatic heterocycles. The minimum absolute atomic E-state index is 0. The normalized spacial score (nSPS) is 8.79. The van der Waals surface area contributed by atoms with Crippen LogP contribution in [0.4, 0.5) is 13.2 Å². The molecule has 0 aliphatic heterocycles. The number of rotatable bonds is 4. The molecule has 11 heteroatoms. The predicted molar refractivity (Wildman–Crippen MR) is 116 cm³/mol. The monoisotopic (exact) mass is 782 g/mol. The van der Waals surface area contributed by atoms with E-state index >= 15 is 0 Å². The number of carbonyl (C=O) groups is 3. The predicted octanol–water partition coefficient (Wildman–Crippen LogP) is 2.83. The number of allylic oxidation sites excluding steroid dienone is 3.